The summed E-state index contributed by atoms with van der Waals surface area (Å²) in [6.07, 6.45) is 5.86. The van der Waals surface area contributed by atoms with E-state index in [2.05, 4.69) is 15.2 Å². The van der Waals surface area contributed by atoms with Crippen LogP contribution in [0.15, 0.2) is 4.99 Å². The number of carbonyl (C=O) groups is 2. The van der Waals surface area contributed by atoms with Crippen LogP contribution in [0, 0.1) is 5.92 Å². The summed E-state index contributed by atoms with van der Waals surface area (Å²) in [5.41, 5.74) is 5.30. The van der Waals surface area contributed by atoms with E-state index in [-0.39, 0.29) is 24.3 Å². The lowest BCUT2D eigenvalue weighted by Gasteiger charge is -2.35. The van der Waals surface area contributed by atoms with Crippen molar-refractivity contribution in [3.05, 3.63) is 0 Å². The molecule has 0 bridgehead atoms. The maximum atomic E-state index is 12.2. The molecule has 130 valence electrons. The highest BCUT2D eigenvalue weighted by molar-refractivity contribution is 5.86. The van der Waals surface area contributed by atoms with Crippen molar-refractivity contribution in [2.24, 2.45) is 16.6 Å². The standard InChI is InChI=1S/C16H29N5O2/c1-18-16(19-11-15(23)20-7-3-2-4-8-20)21-9-5-6-13(12-21)10-14(17)22/h13H,2-12H2,1H3,(H2,17,22)(H,18,19). The van der Waals surface area contributed by atoms with Crippen LogP contribution in [0.1, 0.15) is 38.5 Å². The highest BCUT2D eigenvalue weighted by atomic mass is 16.2. The van der Waals surface area contributed by atoms with Gasteiger partial charge in [0.15, 0.2) is 5.96 Å². The zero-order chi connectivity index (χ0) is 16.7. The number of carbonyl (C=O) groups excluding carboxylic acids is 2. The molecule has 2 saturated heterocycles. The van der Waals surface area contributed by atoms with Gasteiger partial charge in [-0.15, -0.1) is 0 Å². The number of likely N-dealkylation sites (tertiary alicyclic amines) is 2. The van der Waals surface area contributed by atoms with Gasteiger partial charge in [0.25, 0.3) is 0 Å². The molecule has 1 unspecified atom stereocenters. The first-order valence-electron chi connectivity index (χ1n) is 8.62. The average Bonchev–Trinajstić information content (AvgIpc) is 2.56. The number of hydrogen-bond donors (Lipinski definition) is 2. The predicted octanol–water partition coefficient (Wildman–Crippen LogP) is 0.162. The first-order chi connectivity index (χ1) is 11.1. The number of primary amides is 1. The Morgan fingerprint density at radius 3 is 2.48 bits per heavy atom. The smallest absolute Gasteiger partial charge is 0.241 e. The molecule has 0 radical (unpaired) electrons. The van der Waals surface area contributed by atoms with E-state index in [0.717, 1.165) is 57.8 Å². The Balaban J connectivity index is 1.82. The van der Waals surface area contributed by atoms with E-state index in [1.807, 2.05) is 4.90 Å². The monoisotopic (exact) mass is 323 g/mol. The van der Waals surface area contributed by atoms with Crippen LogP contribution >= 0.6 is 0 Å². The number of nitrogens with two attached hydrogens (primary N) is 1. The molecule has 23 heavy (non-hydrogen) atoms. The molecule has 3 N–H and O–H groups in total. The predicted molar refractivity (Wildman–Crippen MR) is 89.9 cm³/mol. The van der Waals surface area contributed by atoms with Crippen molar-refractivity contribution in [3.63, 3.8) is 0 Å². The lowest BCUT2D eigenvalue weighted by molar-refractivity contribution is -0.130. The molecule has 2 aliphatic rings. The summed E-state index contributed by atoms with van der Waals surface area (Å²) in [5.74, 6) is 0.902. The molecular weight excluding hydrogens is 294 g/mol. The highest BCUT2D eigenvalue weighted by Crippen LogP contribution is 2.19. The Hall–Kier alpha value is -1.79. The summed E-state index contributed by atoms with van der Waals surface area (Å²) in [5, 5.41) is 3.18. The molecule has 2 rings (SSSR count). The van der Waals surface area contributed by atoms with E-state index >= 15 is 0 Å². The molecule has 0 saturated carbocycles. The van der Waals surface area contributed by atoms with Gasteiger partial charge in [-0.2, -0.15) is 0 Å². The molecular formula is C16H29N5O2. The SMILES string of the molecule is CN=C(NCC(=O)N1CCCCC1)N1CCCC(CC(N)=O)C1. The van der Waals surface area contributed by atoms with Gasteiger partial charge in [-0.25, -0.2) is 0 Å². The Kier molecular flexibility index (Phi) is 6.67. The van der Waals surface area contributed by atoms with Gasteiger partial charge in [-0.1, -0.05) is 0 Å². The minimum atomic E-state index is -0.250. The van der Waals surface area contributed by atoms with Gasteiger partial charge in [0.05, 0.1) is 6.54 Å². The van der Waals surface area contributed by atoms with Crippen molar-refractivity contribution in [1.82, 2.24) is 15.1 Å². The van der Waals surface area contributed by atoms with Gasteiger partial charge in [0.2, 0.25) is 11.8 Å². The third kappa shape index (κ3) is 5.41. The van der Waals surface area contributed by atoms with E-state index in [1.165, 1.54) is 6.42 Å². The lowest BCUT2D eigenvalue weighted by Crippen LogP contribution is -2.50. The van der Waals surface area contributed by atoms with Crippen molar-refractivity contribution in [2.45, 2.75) is 38.5 Å². The molecule has 0 aromatic carbocycles. The Morgan fingerprint density at radius 1 is 1.13 bits per heavy atom. The van der Waals surface area contributed by atoms with Crippen LogP contribution in [-0.4, -0.2) is 67.3 Å². The van der Waals surface area contributed by atoms with Crippen LogP contribution in [0.2, 0.25) is 0 Å². The summed E-state index contributed by atoms with van der Waals surface area (Å²) >= 11 is 0. The molecule has 0 aliphatic carbocycles. The number of amides is 2. The van der Waals surface area contributed by atoms with Crippen molar-refractivity contribution < 1.29 is 9.59 Å². The minimum Gasteiger partial charge on any atom is -0.370 e. The van der Waals surface area contributed by atoms with Crippen molar-refractivity contribution in [1.29, 1.82) is 0 Å². The Labute approximate surface area is 138 Å². The van der Waals surface area contributed by atoms with Crippen molar-refractivity contribution >= 4 is 17.8 Å². The van der Waals surface area contributed by atoms with Crippen LogP contribution < -0.4 is 11.1 Å². The highest BCUT2D eigenvalue weighted by Gasteiger charge is 2.24. The largest absolute Gasteiger partial charge is 0.370 e. The summed E-state index contributed by atoms with van der Waals surface area (Å²) in [7, 11) is 1.73. The van der Waals surface area contributed by atoms with Gasteiger partial charge in [-0.3, -0.25) is 14.6 Å². The van der Waals surface area contributed by atoms with E-state index in [1.54, 1.807) is 7.05 Å². The fourth-order valence-electron chi connectivity index (χ4n) is 3.45. The molecule has 1 atom stereocenters. The van der Waals surface area contributed by atoms with Gasteiger partial charge in [0.1, 0.15) is 0 Å². The second kappa shape index (κ2) is 8.74. The minimum absolute atomic E-state index is 0.136. The molecule has 0 aromatic heterocycles. The average molecular weight is 323 g/mol. The number of nitrogens with zero attached hydrogens (tertiary/aromatic N) is 3. The van der Waals surface area contributed by atoms with Crippen LogP contribution in [0.4, 0.5) is 0 Å². The summed E-state index contributed by atoms with van der Waals surface area (Å²) in [6, 6.07) is 0. The van der Waals surface area contributed by atoms with Crippen LogP contribution in [0.5, 0.6) is 0 Å². The maximum Gasteiger partial charge on any atom is 0.241 e. The molecule has 7 heteroatoms. The Bertz CT molecular complexity index is 446. The normalized spacial score (nSPS) is 22.8. The molecule has 2 amide bonds. The second-order valence-electron chi connectivity index (χ2n) is 6.47. The summed E-state index contributed by atoms with van der Waals surface area (Å²) in [4.78, 5) is 31.7. The number of piperidine rings is 2. The number of nitrogens with one attached hydrogen (secondary N) is 1. The quantitative estimate of drug-likeness (QED) is 0.569. The maximum absolute atomic E-state index is 12.2. The van der Waals surface area contributed by atoms with Crippen LogP contribution in [-0.2, 0) is 9.59 Å². The van der Waals surface area contributed by atoms with E-state index in [9.17, 15) is 9.59 Å². The van der Waals surface area contributed by atoms with E-state index in [4.69, 9.17) is 5.73 Å². The number of hydrogen-bond acceptors (Lipinski definition) is 3. The fourth-order valence-corrected chi connectivity index (χ4v) is 3.45. The number of aliphatic imine (C=N–C) groups is 1. The van der Waals surface area contributed by atoms with E-state index in [0.29, 0.717) is 6.42 Å². The van der Waals surface area contributed by atoms with Gasteiger partial charge in [0, 0.05) is 39.6 Å². The van der Waals surface area contributed by atoms with Crippen molar-refractivity contribution in [2.75, 3.05) is 39.8 Å². The number of rotatable bonds is 4. The zero-order valence-electron chi connectivity index (χ0n) is 14.1. The zero-order valence-corrected chi connectivity index (χ0v) is 14.1. The molecule has 2 aliphatic heterocycles. The van der Waals surface area contributed by atoms with Crippen LogP contribution in [0.3, 0.4) is 0 Å². The second-order valence-corrected chi connectivity index (χ2v) is 6.47. The number of guanidine groups is 1. The third-order valence-electron chi connectivity index (χ3n) is 4.63. The molecule has 0 spiro atoms. The first-order valence-corrected chi connectivity index (χ1v) is 8.62. The molecule has 0 aromatic rings. The third-order valence-corrected chi connectivity index (χ3v) is 4.63. The Morgan fingerprint density at radius 2 is 1.83 bits per heavy atom. The topological polar surface area (TPSA) is 91.0 Å². The van der Waals surface area contributed by atoms with Crippen LogP contribution in [0.25, 0.3) is 0 Å². The fraction of sp³-hybridized carbons (Fsp3) is 0.812. The molecule has 7 nitrogen and oxygen atoms in total. The first kappa shape index (κ1) is 17.6. The van der Waals surface area contributed by atoms with Crippen molar-refractivity contribution in [3.8, 4) is 0 Å². The summed E-state index contributed by atoms with van der Waals surface area (Å²) in [6.45, 7) is 3.67. The van der Waals surface area contributed by atoms with Gasteiger partial charge < -0.3 is 20.9 Å². The molecule has 2 fully saturated rings. The van der Waals surface area contributed by atoms with Gasteiger partial charge in [-0.05, 0) is 38.0 Å². The van der Waals surface area contributed by atoms with Gasteiger partial charge >= 0.3 is 0 Å². The lowest BCUT2D eigenvalue weighted by atomic mass is 9.95. The molecule has 2 heterocycles. The summed E-state index contributed by atoms with van der Waals surface area (Å²) < 4.78 is 0. The van der Waals surface area contributed by atoms with E-state index < -0.39 is 0 Å².